The minimum absolute atomic E-state index is 0. The van der Waals surface area contributed by atoms with Gasteiger partial charge < -0.3 is 20.5 Å². The number of hydrogen-bond donors (Lipinski definition) is 3. The Bertz CT molecular complexity index is 804. The van der Waals surface area contributed by atoms with Gasteiger partial charge in [-0.05, 0) is 40.3 Å². The van der Waals surface area contributed by atoms with Crippen molar-refractivity contribution < 1.29 is 9.84 Å². The number of rotatable bonds is 10. The molecule has 28 heavy (non-hydrogen) atoms. The van der Waals surface area contributed by atoms with Crippen LogP contribution in [0.3, 0.4) is 0 Å². The minimum Gasteiger partial charge on any atom is -0.423 e. The summed E-state index contributed by atoms with van der Waals surface area (Å²) < 4.78 is 7.42. The third kappa shape index (κ3) is 7.06. The summed E-state index contributed by atoms with van der Waals surface area (Å²) in [6, 6.07) is 17.7. The Balaban J connectivity index is 0.00000196. The van der Waals surface area contributed by atoms with Gasteiger partial charge >= 0.3 is 6.01 Å². The molecule has 1 heterocycles. The Morgan fingerprint density at radius 3 is 2.50 bits per heavy atom. The zero-order chi connectivity index (χ0) is 18.0. The molecule has 152 valence electrons. The molecule has 8 nitrogen and oxygen atoms in total. The van der Waals surface area contributed by atoms with Gasteiger partial charge in [-0.3, -0.25) is 0 Å². The molecule has 10 heteroatoms. The quantitative estimate of drug-likeness (QED) is 0.426. The highest BCUT2D eigenvalue weighted by molar-refractivity contribution is 5.85. The van der Waals surface area contributed by atoms with E-state index < -0.39 is 0 Å². The zero-order valence-corrected chi connectivity index (χ0v) is 16.8. The Kier molecular flexibility index (Phi) is 11.1. The van der Waals surface area contributed by atoms with Crippen molar-refractivity contribution in [3.8, 4) is 17.4 Å². The van der Waals surface area contributed by atoms with E-state index in [1.54, 1.807) is 4.68 Å². The molecule has 0 fully saturated rings. The van der Waals surface area contributed by atoms with Crippen molar-refractivity contribution in [2.75, 3.05) is 26.2 Å². The Morgan fingerprint density at radius 1 is 0.929 bits per heavy atom. The number of aliphatic hydroxyl groups is 1. The van der Waals surface area contributed by atoms with Gasteiger partial charge in [0.25, 0.3) is 0 Å². The van der Waals surface area contributed by atoms with Gasteiger partial charge in [0.05, 0.1) is 12.3 Å². The Labute approximate surface area is 176 Å². The van der Waals surface area contributed by atoms with Crippen LogP contribution in [0.1, 0.15) is 5.56 Å². The number of nitrogens with zero attached hydrogens (tertiary/aromatic N) is 4. The fourth-order valence-electron chi connectivity index (χ4n) is 2.41. The lowest BCUT2D eigenvalue weighted by Crippen LogP contribution is -2.28. The monoisotopic (exact) mass is 426 g/mol. The van der Waals surface area contributed by atoms with E-state index in [0.717, 1.165) is 30.9 Å². The van der Waals surface area contributed by atoms with E-state index in [-0.39, 0.29) is 31.4 Å². The smallest absolute Gasteiger partial charge is 0.345 e. The lowest BCUT2D eigenvalue weighted by atomic mass is 10.2. The average Bonchev–Trinajstić information content (AvgIpc) is 3.14. The molecule has 3 aromatic rings. The standard InChI is InChI=1S/C18H22N6O2.2ClH/c25-12-11-19-9-10-20-14-15-5-4-8-17(13-15)26-18-21-22-23-24(18)16-6-2-1-3-7-16;;/h1-8,13,19-20,25H,9-12,14H2;2*1H. The third-order valence-electron chi connectivity index (χ3n) is 3.65. The number of aromatic nitrogens is 4. The van der Waals surface area contributed by atoms with Crippen LogP contribution in [0.15, 0.2) is 54.6 Å². The van der Waals surface area contributed by atoms with Gasteiger partial charge in [-0.2, -0.15) is 4.68 Å². The maximum atomic E-state index is 8.72. The Morgan fingerprint density at radius 2 is 1.71 bits per heavy atom. The van der Waals surface area contributed by atoms with Crippen molar-refractivity contribution >= 4 is 24.8 Å². The summed E-state index contributed by atoms with van der Waals surface area (Å²) in [5.74, 6) is 0.676. The van der Waals surface area contributed by atoms with Crippen molar-refractivity contribution in [3.63, 3.8) is 0 Å². The van der Waals surface area contributed by atoms with Gasteiger partial charge in [-0.1, -0.05) is 35.4 Å². The highest BCUT2D eigenvalue weighted by Crippen LogP contribution is 2.21. The van der Waals surface area contributed by atoms with Gasteiger partial charge in [0.15, 0.2) is 0 Å². The molecule has 0 aliphatic rings. The second-order valence-electron chi connectivity index (χ2n) is 5.61. The highest BCUT2D eigenvalue weighted by Gasteiger charge is 2.10. The van der Waals surface area contributed by atoms with E-state index in [2.05, 4.69) is 26.2 Å². The summed E-state index contributed by atoms with van der Waals surface area (Å²) in [5.41, 5.74) is 1.93. The second-order valence-corrected chi connectivity index (χ2v) is 5.61. The van der Waals surface area contributed by atoms with Gasteiger partial charge in [0.1, 0.15) is 5.75 Å². The van der Waals surface area contributed by atoms with E-state index in [1.165, 1.54) is 0 Å². The van der Waals surface area contributed by atoms with E-state index >= 15 is 0 Å². The van der Waals surface area contributed by atoms with Crippen molar-refractivity contribution in [2.24, 2.45) is 0 Å². The van der Waals surface area contributed by atoms with E-state index in [0.29, 0.717) is 18.3 Å². The van der Waals surface area contributed by atoms with Gasteiger partial charge in [-0.25, -0.2) is 0 Å². The molecule has 0 aliphatic carbocycles. The van der Waals surface area contributed by atoms with Crippen molar-refractivity contribution in [2.45, 2.75) is 6.54 Å². The maximum absolute atomic E-state index is 8.72. The number of aliphatic hydroxyl groups excluding tert-OH is 1. The minimum atomic E-state index is 0. The van der Waals surface area contributed by atoms with Crippen LogP contribution in [0.4, 0.5) is 0 Å². The first-order chi connectivity index (χ1) is 12.9. The maximum Gasteiger partial charge on any atom is 0.345 e. The van der Waals surface area contributed by atoms with Gasteiger partial charge in [-0.15, -0.1) is 24.8 Å². The highest BCUT2D eigenvalue weighted by atomic mass is 35.5. The van der Waals surface area contributed by atoms with Crippen LogP contribution < -0.4 is 15.4 Å². The van der Waals surface area contributed by atoms with E-state index in [4.69, 9.17) is 9.84 Å². The molecule has 0 spiro atoms. The molecule has 0 amide bonds. The number of benzene rings is 2. The van der Waals surface area contributed by atoms with Crippen molar-refractivity contribution in [3.05, 3.63) is 60.2 Å². The van der Waals surface area contributed by atoms with Crippen LogP contribution >= 0.6 is 24.8 Å². The predicted octanol–water partition coefficient (Wildman–Crippen LogP) is 1.97. The number of halogens is 2. The molecular weight excluding hydrogens is 403 g/mol. The molecule has 0 unspecified atom stereocenters. The third-order valence-corrected chi connectivity index (χ3v) is 3.65. The summed E-state index contributed by atoms with van der Waals surface area (Å²) in [5, 5.41) is 26.8. The largest absolute Gasteiger partial charge is 0.423 e. The molecule has 1 aromatic heterocycles. The van der Waals surface area contributed by atoms with E-state index in [9.17, 15) is 0 Å². The number of ether oxygens (including phenoxy) is 1. The van der Waals surface area contributed by atoms with Gasteiger partial charge in [0.2, 0.25) is 0 Å². The van der Waals surface area contributed by atoms with Crippen molar-refractivity contribution in [1.29, 1.82) is 0 Å². The molecule has 3 rings (SSSR count). The number of hydrogen-bond acceptors (Lipinski definition) is 7. The lowest BCUT2D eigenvalue weighted by Gasteiger charge is -2.09. The SMILES string of the molecule is Cl.Cl.OCCNCCNCc1cccc(Oc2nnnn2-c2ccccc2)c1. The van der Waals surface area contributed by atoms with Gasteiger partial charge in [0, 0.05) is 26.2 Å². The fraction of sp³-hybridized carbons (Fsp3) is 0.278. The Hall–Kier alpha value is -2.23. The zero-order valence-electron chi connectivity index (χ0n) is 15.2. The molecule has 0 saturated carbocycles. The summed E-state index contributed by atoms with van der Waals surface area (Å²) in [6.07, 6.45) is 0. The first-order valence-electron chi connectivity index (χ1n) is 8.50. The first-order valence-corrected chi connectivity index (χ1v) is 8.50. The van der Waals surface area contributed by atoms with Crippen molar-refractivity contribution in [1.82, 2.24) is 30.8 Å². The van der Waals surface area contributed by atoms with Crippen LogP contribution in [0, 0.1) is 0 Å². The average molecular weight is 427 g/mol. The van der Waals surface area contributed by atoms with E-state index in [1.807, 2.05) is 54.6 Å². The molecule has 0 aliphatic heterocycles. The van der Waals surface area contributed by atoms with Crippen LogP contribution in [0.5, 0.6) is 11.8 Å². The number of tetrazole rings is 1. The van der Waals surface area contributed by atoms with Crippen LogP contribution in [-0.4, -0.2) is 51.6 Å². The molecular formula is C18H24Cl2N6O2. The summed E-state index contributed by atoms with van der Waals surface area (Å²) in [7, 11) is 0. The topological polar surface area (TPSA) is 97.1 Å². The molecule has 0 bridgehead atoms. The second kappa shape index (κ2) is 13.0. The van der Waals surface area contributed by atoms with Crippen LogP contribution in [0.2, 0.25) is 0 Å². The molecule has 0 atom stereocenters. The molecule has 0 radical (unpaired) electrons. The number of nitrogens with one attached hydrogen (secondary N) is 2. The summed E-state index contributed by atoms with van der Waals surface area (Å²) in [6.45, 7) is 3.12. The van der Waals surface area contributed by atoms with Crippen LogP contribution in [-0.2, 0) is 6.54 Å². The fourth-order valence-corrected chi connectivity index (χ4v) is 2.41. The summed E-state index contributed by atoms with van der Waals surface area (Å²) >= 11 is 0. The lowest BCUT2D eigenvalue weighted by molar-refractivity contribution is 0.292. The first kappa shape index (κ1) is 23.8. The normalized spacial score (nSPS) is 10.0. The molecule has 3 N–H and O–H groups in total. The van der Waals surface area contributed by atoms with Crippen LogP contribution in [0.25, 0.3) is 5.69 Å². The summed E-state index contributed by atoms with van der Waals surface area (Å²) in [4.78, 5) is 0. The molecule has 0 saturated heterocycles. The molecule has 2 aromatic carbocycles. The number of para-hydroxylation sites is 1. The predicted molar refractivity (Wildman–Crippen MR) is 112 cm³/mol.